The van der Waals surface area contributed by atoms with Gasteiger partial charge in [-0.15, -0.1) is 11.3 Å². The molecule has 0 unspecified atom stereocenters. The second-order valence-corrected chi connectivity index (χ2v) is 9.32. The lowest BCUT2D eigenvalue weighted by Gasteiger charge is -2.33. The van der Waals surface area contributed by atoms with Crippen LogP contribution in [0.1, 0.15) is 54.2 Å². The van der Waals surface area contributed by atoms with Crippen LogP contribution in [0.4, 0.5) is 0 Å². The maximum Gasteiger partial charge on any atom is 0.279 e. The Morgan fingerprint density at radius 3 is 2.80 bits per heavy atom. The Kier molecular flexibility index (Phi) is 6.82. The van der Waals surface area contributed by atoms with Crippen molar-refractivity contribution < 1.29 is 9.53 Å². The molecule has 0 aromatic carbocycles. The fraction of sp³-hybridized carbons (Fsp3) is 0.667. The molecule has 1 aromatic heterocycles. The largest absolute Gasteiger partial charge is 0.383 e. The first kappa shape index (κ1) is 20.1. The monoisotopic (exact) mass is 383 g/mol. The zero-order valence-electron chi connectivity index (χ0n) is 15.7. The second-order valence-electron chi connectivity index (χ2n) is 7.77. The molecule has 1 aliphatic rings. The number of thiocarbonyl (C=S) groups is 1. The normalized spacial score (nSPS) is 18.2. The third-order valence-electron chi connectivity index (χ3n) is 4.62. The molecule has 1 aromatic rings. The van der Waals surface area contributed by atoms with Crippen molar-refractivity contribution in [3.8, 4) is 0 Å². The van der Waals surface area contributed by atoms with E-state index in [1.807, 2.05) is 13.0 Å². The Bertz CT molecular complexity index is 622. The minimum atomic E-state index is -0.143. The van der Waals surface area contributed by atoms with E-state index in [0.717, 1.165) is 17.7 Å². The Morgan fingerprint density at radius 1 is 1.44 bits per heavy atom. The first-order valence-corrected chi connectivity index (χ1v) is 9.90. The molecule has 0 spiro atoms. The number of carbonyl (C=O) groups is 1. The molecule has 1 amide bonds. The molecule has 0 aliphatic heterocycles. The number of carbonyl (C=O) groups excluding carboxylic acids is 1. The summed E-state index contributed by atoms with van der Waals surface area (Å²) >= 11 is 6.76. The van der Waals surface area contributed by atoms with Crippen LogP contribution in [0, 0.1) is 11.3 Å². The molecule has 0 bridgehead atoms. The molecule has 5 nitrogen and oxygen atoms in total. The van der Waals surface area contributed by atoms with E-state index in [1.54, 1.807) is 18.4 Å². The molecule has 2 rings (SSSR count). The van der Waals surface area contributed by atoms with Crippen molar-refractivity contribution in [3.05, 3.63) is 21.4 Å². The maximum absolute atomic E-state index is 12.4. The first-order valence-electron chi connectivity index (χ1n) is 8.68. The van der Waals surface area contributed by atoms with Crippen LogP contribution in [0.15, 0.2) is 6.07 Å². The summed E-state index contributed by atoms with van der Waals surface area (Å²) in [4.78, 5) is 14.5. The zero-order valence-corrected chi connectivity index (χ0v) is 17.3. The van der Waals surface area contributed by atoms with E-state index in [1.165, 1.54) is 16.9 Å². The number of methoxy groups -OCH3 is 1. The van der Waals surface area contributed by atoms with Crippen molar-refractivity contribution in [3.63, 3.8) is 0 Å². The number of aryl methyl sites for hydroxylation is 1. The van der Waals surface area contributed by atoms with E-state index in [-0.39, 0.29) is 11.9 Å². The van der Waals surface area contributed by atoms with Crippen LogP contribution in [0.2, 0.25) is 0 Å². The lowest BCUT2D eigenvalue weighted by Crippen LogP contribution is -2.49. The highest BCUT2D eigenvalue weighted by Crippen LogP contribution is 2.39. The quantitative estimate of drug-likeness (QED) is 0.551. The average molecular weight is 384 g/mol. The Hall–Kier alpha value is -1.18. The minimum Gasteiger partial charge on any atom is -0.383 e. The highest BCUT2D eigenvalue weighted by molar-refractivity contribution is 7.80. The summed E-state index contributed by atoms with van der Waals surface area (Å²) in [6, 6.07) is 2.11. The number of hydrazine groups is 1. The summed E-state index contributed by atoms with van der Waals surface area (Å²) in [5.41, 5.74) is 7.06. The molecular formula is C18H29N3O2S2. The van der Waals surface area contributed by atoms with Crippen molar-refractivity contribution >= 4 is 34.6 Å². The summed E-state index contributed by atoms with van der Waals surface area (Å²) in [5.74, 6) is 0.526. The van der Waals surface area contributed by atoms with Crippen LogP contribution in [0.25, 0.3) is 0 Å². The van der Waals surface area contributed by atoms with E-state index in [4.69, 9.17) is 17.0 Å². The molecule has 7 heteroatoms. The summed E-state index contributed by atoms with van der Waals surface area (Å²) in [6.07, 6.45) is 3.32. The number of fused-ring (bicyclic) bond motifs is 1. The van der Waals surface area contributed by atoms with E-state index < -0.39 is 0 Å². The lowest BCUT2D eigenvalue weighted by molar-refractivity contribution is 0.0947. The average Bonchev–Trinajstić information content (AvgIpc) is 2.95. The number of hydrogen-bond acceptors (Lipinski definition) is 4. The second kappa shape index (κ2) is 8.47. The predicted molar refractivity (Wildman–Crippen MR) is 107 cm³/mol. The van der Waals surface area contributed by atoms with Gasteiger partial charge in [-0.2, -0.15) is 0 Å². The summed E-state index contributed by atoms with van der Waals surface area (Å²) < 4.78 is 5.04. The smallest absolute Gasteiger partial charge is 0.279 e. The third-order valence-corrected chi connectivity index (χ3v) is 6.07. The van der Waals surface area contributed by atoms with Gasteiger partial charge < -0.3 is 10.1 Å². The van der Waals surface area contributed by atoms with Gasteiger partial charge in [-0.1, -0.05) is 20.8 Å². The van der Waals surface area contributed by atoms with E-state index >= 15 is 0 Å². The Morgan fingerprint density at radius 2 is 2.16 bits per heavy atom. The van der Waals surface area contributed by atoms with Crippen LogP contribution in [-0.4, -0.2) is 30.8 Å². The van der Waals surface area contributed by atoms with Gasteiger partial charge in [-0.25, -0.2) is 0 Å². The number of hydrogen-bond donors (Lipinski definition) is 3. The molecule has 1 heterocycles. The van der Waals surface area contributed by atoms with Gasteiger partial charge in [-0.05, 0) is 61.4 Å². The predicted octanol–water partition coefficient (Wildman–Crippen LogP) is 3.04. The van der Waals surface area contributed by atoms with Crippen LogP contribution in [0.3, 0.4) is 0 Å². The van der Waals surface area contributed by atoms with Crippen molar-refractivity contribution in [2.24, 2.45) is 11.3 Å². The Balaban J connectivity index is 1.90. The molecule has 3 N–H and O–H groups in total. The van der Waals surface area contributed by atoms with Gasteiger partial charge in [0.15, 0.2) is 5.11 Å². The van der Waals surface area contributed by atoms with Gasteiger partial charge in [0.05, 0.1) is 11.5 Å². The molecule has 0 saturated carbocycles. The Labute approximate surface area is 159 Å². The van der Waals surface area contributed by atoms with Gasteiger partial charge in [0.2, 0.25) is 0 Å². The molecule has 0 saturated heterocycles. The number of amides is 1. The fourth-order valence-corrected chi connectivity index (χ4v) is 4.46. The van der Waals surface area contributed by atoms with Crippen molar-refractivity contribution in [2.75, 3.05) is 13.7 Å². The fourth-order valence-electron chi connectivity index (χ4n) is 3.10. The molecule has 0 radical (unpaired) electrons. The van der Waals surface area contributed by atoms with E-state index in [2.05, 4.69) is 36.9 Å². The number of rotatable bonds is 4. The standard InChI is InChI=1S/C18H29N3O2S2/c1-11(10-23-5)19-17(24)21-20-16(22)15-9-12-8-13(18(2,3)4)6-7-14(12)25-15/h9,11,13H,6-8,10H2,1-5H3,(H,20,22)(H2,19,21,24)/t11-,13-/m1/s1. The number of thiophene rings is 1. The number of ether oxygens (including phenoxy) is 1. The molecular weight excluding hydrogens is 354 g/mol. The van der Waals surface area contributed by atoms with Crippen molar-refractivity contribution in [2.45, 2.75) is 53.0 Å². The summed E-state index contributed by atoms with van der Waals surface area (Å²) in [5, 5.41) is 3.42. The van der Waals surface area contributed by atoms with Crippen LogP contribution in [-0.2, 0) is 17.6 Å². The molecule has 0 fully saturated rings. The highest BCUT2D eigenvalue weighted by atomic mass is 32.1. The molecule has 2 atom stereocenters. The molecule has 1 aliphatic carbocycles. The summed E-state index contributed by atoms with van der Waals surface area (Å²) in [7, 11) is 1.64. The maximum atomic E-state index is 12.4. The van der Waals surface area contributed by atoms with Crippen LogP contribution < -0.4 is 16.2 Å². The van der Waals surface area contributed by atoms with E-state index in [0.29, 0.717) is 23.1 Å². The van der Waals surface area contributed by atoms with Crippen LogP contribution in [0.5, 0.6) is 0 Å². The van der Waals surface area contributed by atoms with Crippen molar-refractivity contribution in [1.29, 1.82) is 0 Å². The first-order chi connectivity index (χ1) is 11.7. The van der Waals surface area contributed by atoms with Gasteiger partial charge in [0.25, 0.3) is 5.91 Å². The zero-order chi connectivity index (χ0) is 18.6. The SMILES string of the molecule is COC[C@@H](C)NC(=S)NNC(=O)c1cc2c(s1)CC[C@@H](C(C)(C)C)C2. The molecule has 25 heavy (non-hydrogen) atoms. The van der Waals surface area contributed by atoms with E-state index in [9.17, 15) is 4.79 Å². The molecule has 140 valence electrons. The van der Waals surface area contributed by atoms with Crippen molar-refractivity contribution in [1.82, 2.24) is 16.2 Å². The van der Waals surface area contributed by atoms with Gasteiger partial charge in [0.1, 0.15) is 0 Å². The van der Waals surface area contributed by atoms with Gasteiger partial charge >= 0.3 is 0 Å². The number of nitrogens with one attached hydrogen (secondary N) is 3. The van der Waals surface area contributed by atoms with Gasteiger partial charge in [0, 0.05) is 18.0 Å². The summed E-state index contributed by atoms with van der Waals surface area (Å²) in [6.45, 7) is 9.39. The topological polar surface area (TPSA) is 62.4 Å². The lowest BCUT2D eigenvalue weighted by atomic mass is 9.72. The highest BCUT2D eigenvalue weighted by Gasteiger charge is 2.30. The third kappa shape index (κ3) is 5.66. The van der Waals surface area contributed by atoms with Gasteiger partial charge in [-0.3, -0.25) is 15.6 Å². The minimum absolute atomic E-state index is 0.0743. The van der Waals surface area contributed by atoms with Crippen LogP contribution >= 0.6 is 23.6 Å².